The molecule has 0 heterocycles. The summed E-state index contributed by atoms with van der Waals surface area (Å²) >= 11 is 0. The lowest BCUT2D eigenvalue weighted by atomic mass is 9.98. The Morgan fingerprint density at radius 1 is 0.722 bits per heavy atom. The summed E-state index contributed by atoms with van der Waals surface area (Å²) in [4.78, 5) is 0. The van der Waals surface area contributed by atoms with Gasteiger partial charge in [-0.05, 0) is 34.0 Å². The molecule has 3 aromatic carbocycles. The van der Waals surface area contributed by atoms with Gasteiger partial charge in [0.1, 0.15) is 5.75 Å². The molecular formula is C17H14O. The van der Waals surface area contributed by atoms with Gasteiger partial charge < -0.3 is 4.74 Å². The van der Waals surface area contributed by atoms with E-state index in [1.165, 1.54) is 21.9 Å². The van der Waals surface area contributed by atoms with Gasteiger partial charge >= 0.3 is 0 Å². The predicted molar refractivity (Wildman–Crippen MR) is 75.9 cm³/mol. The van der Waals surface area contributed by atoms with Crippen LogP contribution in [0.4, 0.5) is 0 Å². The van der Waals surface area contributed by atoms with E-state index >= 15 is 0 Å². The Kier molecular flexibility index (Phi) is 2.73. The lowest BCUT2D eigenvalue weighted by molar-refractivity contribution is 0.415. The number of fused-ring (bicyclic) bond motifs is 1. The third-order valence-corrected chi connectivity index (χ3v) is 3.19. The van der Waals surface area contributed by atoms with Crippen molar-refractivity contribution >= 4 is 10.8 Å². The van der Waals surface area contributed by atoms with Gasteiger partial charge in [-0.15, -0.1) is 0 Å². The zero-order valence-electron chi connectivity index (χ0n) is 10.3. The molecule has 0 saturated heterocycles. The molecule has 0 radical (unpaired) electrons. The van der Waals surface area contributed by atoms with Crippen LogP contribution in [-0.4, -0.2) is 7.11 Å². The average Bonchev–Trinajstić information content (AvgIpc) is 2.47. The molecular weight excluding hydrogens is 220 g/mol. The van der Waals surface area contributed by atoms with E-state index in [0.717, 1.165) is 5.75 Å². The molecule has 0 aliphatic heterocycles. The lowest BCUT2D eigenvalue weighted by Crippen LogP contribution is -1.84. The Balaban J connectivity index is 2.18. The Morgan fingerprint density at radius 2 is 1.44 bits per heavy atom. The van der Waals surface area contributed by atoms with Crippen molar-refractivity contribution in [2.75, 3.05) is 7.11 Å². The van der Waals surface area contributed by atoms with Crippen LogP contribution in [0.3, 0.4) is 0 Å². The second-order valence-corrected chi connectivity index (χ2v) is 4.26. The highest BCUT2D eigenvalue weighted by atomic mass is 16.5. The molecule has 1 heteroatoms. The normalized spacial score (nSPS) is 10.5. The van der Waals surface area contributed by atoms with Crippen molar-refractivity contribution in [1.82, 2.24) is 0 Å². The number of methoxy groups -OCH3 is 1. The second kappa shape index (κ2) is 4.53. The molecule has 0 unspecified atom stereocenters. The smallest absolute Gasteiger partial charge is 0.118 e. The van der Waals surface area contributed by atoms with Crippen LogP contribution >= 0.6 is 0 Å². The van der Waals surface area contributed by atoms with Crippen LogP contribution in [0.2, 0.25) is 0 Å². The third kappa shape index (κ3) is 1.84. The fourth-order valence-corrected chi connectivity index (χ4v) is 2.25. The van der Waals surface area contributed by atoms with Crippen LogP contribution in [0.25, 0.3) is 21.9 Å². The van der Waals surface area contributed by atoms with Crippen LogP contribution < -0.4 is 4.74 Å². The monoisotopic (exact) mass is 234 g/mol. The van der Waals surface area contributed by atoms with Crippen molar-refractivity contribution in [2.24, 2.45) is 0 Å². The first-order valence-electron chi connectivity index (χ1n) is 6.01. The highest BCUT2D eigenvalue weighted by Crippen LogP contribution is 2.29. The first-order valence-corrected chi connectivity index (χ1v) is 6.01. The summed E-state index contributed by atoms with van der Waals surface area (Å²) in [6.45, 7) is 0. The largest absolute Gasteiger partial charge is 0.497 e. The van der Waals surface area contributed by atoms with Crippen LogP contribution in [-0.2, 0) is 0 Å². The molecule has 1 nitrogen and oxygen atoms in total. The molecule has 0 spiro atoms. The zero-order chi connectivity index (χ0) is 12.4. The zero-order valence-corrected chi connectivity index (χ0v) is 10.3. The van der Waals surface area contributed by atoms with Gasteiger partial charge in [0.25, 0.3) is 0 Å². The fraction of sp³-hybridized carbons (Fsp3) is 0.0588. The van der Waals surface area contributed by atoms with Gasteiger partial charge in [0, 0.05) is 0 Å². The first-order chi connectivity index (χ1) is 8.88. The van der Waals surface area contributed by atoms with Crippen molar-refractivity contribution < 1.29 is 4.74 Å². The number of benzene rings is 3. The number of hydrogen-bond acceptors (Lipinski definition) is 1. The van der Waals surface area contributed by atoms with E-state index in [9.17, 15) is 0 Å². The van der Waals surface area contributed by atoms with Crippen LogP contribution in [0.1, 0.15) is 0 Å². The van der Waals surface area contributed by atoms with E-state index in [1.54, 1.807) is 7.11 Å². The molecule has 3 rings (SSSR count). The Morgan fingerprint density at radius 3 is 2.22 bits per heavy atom. The van der Waals surface area contributed by atoms with E-state index in [4.69, 9.17) is 4.74 Å². The minimum Gasteiger partial charge on any atom is -0.497 e. The van der Waals surface area contributed by atoms with Crippen LogP contribution in [0.5, 0.6) is 5.75 Å². The molecule has 0 atom stereocenters. The molecule has 0 bridgehead atoms. The van der Waals surface area contributed by atoms with Gasteiger partial charge in [-0.3, -0.25) is 0 Å². The Labute approximate surface area is 107 Å². The first kappa shape index (κ1) is 10.8. The molecule has 88 valence electrons. The third-order valence-electron chi connectivity index (χ3n) is 3.19. The SMILES string of the molecule is COc1ccc(-c2cccc3ccccc23)cc1. The van der Waals surface area contributed by atoms with Crippen molar-refractivity contribution in [3.63, 3.8) is 0 Å². The maximum Gasteiger partial charge on any atom is 0.118 e. The van der Waals surface area contributed by atoms with Gasteiger partial charge in [0.15, 0.2) is 0 Å². The molecule has 0 saturated carbocycles. The van der Waals surface area contributed by atoms with Crippen LogP contribution in [0.15, 0.2) is 66.7 Å². The molecule has 0 aromatic heterocycles. The number of ether oxygens (including phenoxy) is 1. The summed E-state index contributed by atoms with van der Waals surface area (Å²) in [6.07, 6.45) is 0. The van der Waals surface area contributed by atoms with Gasteiger partial charge in [0.2, 0.25) is 0 Å². The highest BCUT2D eigenvalue weighted by Gasteiger charge is 2.02. The maximum absolute atomic E-state index is 5.19. The Hall–Kier alpha value is -2.28. The van der Waals surface area contributed by atoms with Gasteiger partial charge in [0.05, 0.1) is 7.11 Å². The molecule has 18 heavy (non-hydrogen) atoms. The molecule has 3 aromatic rings. The van der Waals surface area contributed by atoms with Gasteiger partial charge in [-0.1, -0.05) is 54.6 Å². The topological polar surface area (TPSA) is 9.23 Å². The minimum atomic E-state index is 0.888. The summed E-state index contributed by atoms with van der Waals surface area (Å²) in [6, 6.07) is 23.0. The van der Waals surface area contributed by atoms with E-state index in [2.05, 4.69) is 54.6 Å². The van der Waals surface area contributed by atoms with Crippen molar-refractivity contribution in [3.8, 4) is 16.9 Å². The number of rotatable bonds is 2. The van der Waals surface area contributed by atoms with E-state index in [1.807, 2.05) is 12.1 Å². The second-order valence-electron chi connectivity index (χ2n) is 4.26. The van der Waals surface area contributed by atoms with E-state index in [0.29, 0.717) is 0 Å². The molecule has 0 aliphatic carbocycles. The predicted octanol–water partition coefficient (Wildman–Crippen LogP) is 4.52. The molecule has 0 N–H and O–H groups in total. The maximum atomic E-state index is 5.19. The minimum absolute atomic E-state index is 0.888. The van der Waals surface area contributed by atoms with E-state index in [-0.39, 0.29) is 0 Å². The highest BCUT2D eigenvalue weighted by molar-refractivity contribution is 5.96. The van der Waals surface area contributed by atoms with Crippen molar-refractivity contribution in [3.05, 3.63) is 66.7 Å². The summed E-state index contributed by atoms with van der Waals surface area (Å²) in [7, 11) is 1.69. The average molecular weight is 234 g/mol. The molecule has 0 aliphatic rings. The molecule has 0 amide bonds. The summed E-state index contributed by atoms with van der Waals surface area (Å²) in [5, 5.41) is 2.55. The Bertz CT molecular complexity index is 663. The molecule has 0 fully saturated rings. The van der Waals surface area contributed by atoms with Crippen molar-refractivity contribution in [2.45, 2.75) is 0 Å². The van der Waals surface area contributed by atoms with Crippen molar-refractivity contribution in [1.29, 1.82) is 0 Å². The summed E-state index contributed by atoms with van der Waals surface area (Å²) in [5.74, 6) is 0.888. The van der Waals surface area contributed by atoms with Crippen LogP contribution in [0, 0.1) is 0 Å². The summed E-state index contributed by atoms with van der Waals surface area (Å²) < 4.78 is 5.19. The van der Waals surface area contributed by atoms with Gasteiger partial charge in [-0.2, -0.15) is 0 Å². The van der Waals surface area contributed by atoms with Gasteiger partial charge in [-0.25, -0.2) is 0 Å². The quantitative estimate of drug-likeness (QED) is 0.633. The van der Waals surface area contributed by atoms with E-state index < -0.39 is 0 Å². The fourth-order valence-electron chi connectivity index (χ4n) is 2.25. The lowest BCUT2D eigenvalue weighted by Gasteiger charge is -2.07. The standard InChI is InChI=1S/C17H14O/c1-18-15-11-9-14(10-12-15)17-8-4-6-13-5-2-3-7-16(13)17/h2-12H,1H3. The number of hydrogen-bond donors (Lipinski definition) is 0. The summed E-state index contributed by atoms with van der Waals surface area (Å²) in [5.41, 5.74) is 2.48.